The monoisotopic (exact) mass is 310 g/mol. The highest BCUT2D eigenvalue weighted by atomic mass is 16.5. The highest BCUT2D eigenvalue weighted by Crippen LogP contribution is 2.32. The van der Waals surface area contributed by atoms with Gasteiger partial charge in [-0.2, -0.15) is 4.98 Å². The van der Waals surface area contributed by atoms with Crippen molar-refractivity contribution >= 4 is 27.8 Å². The van der Waals surface area contributed by atoms with Crippen molar-refractivity contribution in [3.05, 3.63) is 46.2 Å². The van der Waals surface area contributed by atoms with Crippen LogP contribution in [0.1, 0.15) is 5.56 Å². The average molecular weight is 310 g/mol. The molecular weight excluding hydrogens is 296 g/mol. The summed E-state index contributed by atoms with van der Waals surface area (Å²) in [6.07, 6.45) is 1.81. The highest BCUT2D eigenvalue weighted by molar-refractivity contribution is 5.90. The molecule has 23 heavy (non-hydrogen) atoms. The molecular formula is C17H14N2O4. The summed E-state index contributed by atoms with van der Waals surface area (Å²) < 4.78 is 18.1. The van der Waals surface area contributed by atoms with Gasteiger partial charge in [-0.05, 0) is 24.6 Å². The Labute approximate surface area is 130 Å². The summed E-state index contributed by atoms with van der Waals surface area (Å²) in [5.74, 6) is 0.985. The van der Waals surface area contributed by atoms with E-state index >= 15 is 0 Å². The number of rotatable bonds is 2. The number of ether oxygens (including phenoxy) is 2. The molecule has 0 aliphatic rings. The van der Waals surface area contributed by atoms with Gasteiger partial charge in [0, 0.05) is 12.3 Å². The summed E-state index contributed by atoms with van der Waals surface area (Å²) in [5.41, 5.74) is 2.67. The van der Waals surface area contributed by atoms with E-state index in [2.05, 4.69) is 4.98 Å². The first-order valence-corrected chi connectivity index (χ1v) is 7.10. The van der Waals surface area contributed by atoms with E-state index in [0.29, 0.717) is 39.3 Å². The SMILES string of the molecule is COc1cc2oc3nc4c(C)cccn4c3c(=O)c2cc1OC. The molecule has 0 spiro atoms. The maximum Gasteiger partial charge on any atom is 0.250 e. The van der Waals surface area contributed by atoms with E-state index < -0.39 is 0 Å². The van der Waals surface area contributed by atoms with E-state index in [4.69, 9.17) is 13.9 Å². The molecule has 4 rings (SSSR count). The van der Waals surface area contributed by atoms with E-state index in [-0.39, 0.29) is 5.43 Å². The van der Waals surface area contributed by atoms with Crippen molar-refractivity contribution in [1.29, 1.82) is 0 Å². The lowest BCUT2D eigenvalue weighted by atomic mass is 10.2. The average Bonchev–Trinajstić information content (AvgIpc) is 2.94. The zero-order valence-corrected chi connectivity index (χ0v) is 12.9. The van der Waals surface area contributed by atoms with E-state index in [1.807, 2.05) is 19.1 Å². The van der Waals surface area contributed by atoms with Crippen molar-refractivity contribution in [2.24, 2.45) is 0 Å². The van der Waals surface area contributed by atoms with Crippen LogP contribution >= 0.6 is 0 Å². The Morgan fingerprint density at radius 3 is 2.65 bits per heavy atom. The molecule has 0 amide bonds. The predicted octanol–water partition coefficient (Wildman–Crippen LogP) is 2.92. The molecule has 0 saturated carbocycles. The Hall–Kier alpha value is -3.02. The van der Waals surface area contributed by atoms with Crippen molar-refractivity contribution < 1.29 is 13.9 Å². The smallest absolute Gasteiger partial charge is 0.250 e. The van der Waals surface area contributed by atoms with Crippen LogP contribution in [0.5, 0.6) is 11.5 Å². The second-order valence-electron chi connectivity index (χ2n) is 5.28. The lowest BCUT2D eigenvalue weighted by Gasteiger charge is -2.08. The summed E-state index contributed by atoms with van der Waals surface area (Å²) >= 11 is 0. The quantitative estimate of drug-likeness (QED) is 0.569. The molecule has 3 heterocycles. The van der Waals surface area contributed by atoms with Gasteiger partial charge in [0.05, 0.1) is 19.6 Å². The van der Waals surface area contributed by atoms with E-state index in [1.165, 1.54) is 14.2 Å². The molecule has 0 N–H and O–H groups in total. The van der Waals surface area contributed by atoms with Crippen LogP contribution in [-0.2, 0) is 0 Å². The number of hydrogen-bond donors (Lipinski definition) is 0. The van der Waals surface area contributed by atoms with Crippen LogP contribution in [-0.4, -0.2) is 23.6 Å². The number of nitrogens with zero attached hydrogens (tertiary/aromatic N) is 2. The number of methoxy groups -OCH3 is 2. The largest absolute Gasteiger partial charge is 0.493 e. The van der Waals surface area contributed by atoms with Gasteiger partial charge in [0.2, 0.25) is 11.1 Å². The molecule has 1 aromatic carbocycles. The van der Waals surface area contributed by atoms with Gasteiger partial charge in [-0.1, -0.05) is 6.07 Å². The maximum atomic E-state index is 12.9. The molecule has 6 heteroatoms. The van der Waals surface area contributed by atoms with Crippen LogP contribution in [0.4, 0.5) is 0 Å². The fourth-order valence-electron chi connectivity index (χ4n) is 2.81. The minimum Gasteiger partial charge on any atom is -0.493 e. The molecule has 116 valence electrons. The Morgan fingerprint density at radius 1 is 1.17 bits per heavy atom. The summed E-state index contributed by atoms with van der Waals surface area (Å²) in [6, 6.07) is 7.10. The molecule has 0 atom stereocenters. The summed E-state index contributed by atoms with van der Waals surface area (Å²) in [7, 11) is 3.07. The molecule has 0 aliphatic heterocycles. The number of pyridine rings is 1. The molecule has 0 radical (unpaired) electrons. The first kappa shape index (κ1) is 13.6. The maximum absolute atomic E-state index is 12.9. The molecule has 0 bridgehead atoms. The zero-order chi connectivity index (χ0) is 16.1. The second-order valence-corrected chi connectivity index (χ2v) is 5.28. The first-order valence-electron chi connectivity index (χ1n) is 7.10. The van der Waals surface area contributed by atoms with Gasteiger partial charge < -0.3 is 13.9 Å². The number of aryl methyl sites for hydroxylation is 1. The Kier molecular flexibility index (Phi) is 2.81. The lowest BCUT2D eigenvalue weighted by molar-refractivity contribution is 0.355. The number of benzene rings is 1. The van der Waals surface area contributed by atoms with Gasteiger partial charge in [-0.25, -0.2) is 0 Å². The van der Waals surface area contributed by atoms with Gasteiger partial charge in [0.1, 0.15) is 11.2 Å². The number of imidazole rings is 1. The molecule has 3 aromatic heterocycles. The van der Waals surface area contributed by atoms with Gasteiger partial charge in [0.25, 0.3) is 0 Å². The van der Waals surface area contributed by atoms with Crippen LogP contribution in [0.15, 0.2) is 39.7 Å². The van der Waals surface area contributed by atoms with Crippen LogP contribution < -0.4 is 14.9 Å². The van der Waals surface area contributed by atoms with Gasteiger partial charge in [0.15, 0.2) is 17.0 Å². The molecule has 0 aliphatic carbocycles. The van der Waals surface area contributed by atoms with Crippen LogP contribution in [0, 0.1) is 6.92 Å². The summed E-state index contributed by atoms with van der Waals surface area (Å²) in [4.78, 5) is 17.4. The summed E-state index contributed by atoms with van der Waals surface area (Å²) in [5, 5.41) is 0.429. The molecule has 4 aromatic rings. The zero-order valence-electron chi connectivity index (χ0n) is 12.9. The Morgan fingerprint density at radius 2 is 1.91 bits per heavy atom. The Bertz CT molecular complexity index is 1120. The fraction of sp³-hybridized carbons (Fsp3) is 0.176. The lowest BCUT2D eigenvalue weighted by Crippen LogP contribution is -2.05. The standard InChI is InChI=1S/C17H14N2O4/c1-9-5-4-6-19-14-15(20)10-7-12(21-2)13(22-3)8-11(10)23-17(14)18-16(9)19/h4-8H,1-3H3. The third-order valence-electron chi connectivity index (χ3n) is 3.97. The predicted molar refractivity (Wildman–Crippen MR) is 86.6 cm³/mol. The van der Waals surface area contributed by atoms with Crippen molar-refractivity contribution in [1.82, 2.24) is 9.38 Å². The minimum atomic E-state index is -0.152. The molecule has 0 saturated heterocycles. The fourth-order valence-corrected chi connectivity index (χ4v) is 2.81. The number of hydrogen-bond acceptors (Lipinski definition) is 5. The highest BCUT2D eigenvalue weighted by Gasteiger charge is 2.17. The molecule has 0 fully saturated rings. The van der Waals surface area contributed by atoms with Crippen LogP contribution in [0.3, 0.4) is 0 Å². The van der Waals surface area contributed by atoms with Crippen LogP contribution in [0.2, 0.25) is 0 Å². The minimum absolute atomic E-state index is 0.152. The van der Waals surface area contributed by atoms with Crippen molar-refractivity contribution in [2.45, 2.75) is 6.92 Å². The number of aromatic nitrogens is 2. The van der Waals surface area contributed by atoms with Crippen molar-refractivity contribution in [2.75, 3.05) is 14.2 Å². The van der Waals surface area contributed by atoms with Gasteiger partial charge >= 0.3 is 0 Å². The Balaban J connectivity index is 2.22. The van der Waals surface area contributed by atoms with E-state index in [9.17, 15) is 4.79 Å². The summed E-state index contributed by atoms with van der Waals surface area (Å²) in [6.45, 7) is 1.94. The normalized spacial score (nSPS) is 11.4. The van der Waals surface area contributed by atoms with E-state index in [0.717, 1.165) is 5.56 Å². The van der Waals surface area contributed by atoms with Crippen molar-refractivity contribution in [3.63, 3.8) is 0 Å². The first-order chi connectivity index (χ1) is 11.1. The second kappa shape index (κ2) is 4.74. The van der Waals surface area contributed by atoms with Crippen LogP contribution in [0.25, 0.3) is 27.8 Å². The number of fused-ring (bicyclic) bond motifs is 4. The van der Waals surface area contributed by atoms with Gasteiger partial charge in [-0.3, -0.25) is 9.20 Å². The van der Waals surface area contributed by atoms with Gasteiger partial charge in [-0.15, -0.1) is 0 Å². The van der Waals surface area contributed by atoms with E-state index in [1.54, 1.807) is 22.7 Å². The topological polar surface area (TPSA) is 66.0 Å². The molecule has 0 unspecified atom stereocenters. The molecule has 6 nitrogen and oxygen atoms in total. The van der Waals surface area contributed by atoms with Crippen molar-refractivity contribution in [3.8, 4) is 11.5 Å². The third kappa shape index (κ3) is 1.81. The third-order valence-corrected chi connectivity index (χ3v) is 3.97.